The van der Waals surface area contributed by atoms with Crippen molar-refractivity contribution in [1.82, 2.24) is 5.09 Å². The molecule has 0 bridgehead atoms. The van der Waals surface area contributed by atoms with Gasteiger partial charge >= 0.3 is 25.7 Å². The summed E-state index contributed by atoms with van der Waals surface area (Å²) in [6.45, 7) is -0.349. The van der Waals surface area contributed by atoms with Gasteiger partial charge in [0.15, 0.2) is 0 Å². The molecule has 10 nitrogen and oxygen atoms in total. The average molecular weight is 313 g/mol. The second-order valence-corrected chi connectivity index (χ2v) is 5.36. The highest BCUT2D eigenvalue weighted by atomic mass is 31.2. The van der Waals surface area contributed by atoms with Crippen LogP contribution in [-0.4, -0.2) is 50.8 Å². The smallest absolute Gasteiger partial charge is 0.403 e. The maximum absolute atomic E-state index is 11.5. The number of carboxylic acids is 3. The standard InChI is InChI=1S/C9H16NO9P/c11-7(12)2-1-5-19-20(17,18)10-6(9(15)16)3-4-8(13)14/h6H,1-5H2,(H,11,12)(H,13,14)(H,15,16)(H2,10,17,18). The molecule has 0 aromatic carbocycles. The van der Waals surface area contributed by atoms with Gasteiger partial charge in [-0.05, 0) is 12.8 Å². The summed E-state index contributed by atoms with van der Waals surface area (Å²) in [6, 6.07) is -1.55. The second kappa shape index (κ2) is 8.64. The minimum atomic E-state index is -4.44. The van der Waals surface area contributed by atoms with Crippen LogP contribution in [-0.2, 0) is 23.5 Å². The van der Waals surface area contributed by atoms with Crippen molar-refractivity contribution in [2.75, 3.05) is 6.61 Å². The zero-order valence-electron chi connectivity index (χ0n) is 10.4. The van der Waals surface area contributed by atoms with E-state index in [1.54, 1.807) is 0 Å². The van der Waals surface area contributed by atoms with E-state index in [4.69, 9.17) is 15.3 Å². The Morgan fingerprint density at radius 3 is 2.10 bits per heavy atom. The zero-order valence-corrected chi connectivity index (χ0v) is 11.3. The molecule has 0 heterocycles. The summed E-state index contributed by atoms with van der Waals surface area (Å²) in [5, 5.41) is 27.4. The van der Waals surface area contributed by atoms with Crippen LogP contribution in [0.15, 0.2) is 0 Å². The first-order chi connectivity index (χ1) is 9.14. The van der Waals surface area contributed by atoms with Crippen molar-refractivity contribution in [2.45, 2.75) is 31.7 Å². The lowest BCUT2D eigenvalue weighted by Crippen LogP contribution is -2.35. The van der Waals surface area contributed by atoms with Crippen molar-refractivity contribution in [3.63, 3.8) is 0 Å². The third-order valence-electron chi connectivity index (χ3n) is 2.07. The van der Waals surface area contributed by atoms with Crippen molar-refractivity contribution < 1.29 is 43.7 Å². The number of aliphatic carboxylic acids is 3. The molecule has 0 saturated heterocycles. The van der Waals surface area contributed by atoms with Gasteiger partial charge in [-0.25, -0.2) is 9.65 Å². The molecule has 0 aliphatic carbocycles. The van der Waals surface area contributed by atoms with Gasteiger partial charge in [0.1, 0.15) is 6.04 Å². The van der Waals surface area contributed by atoms with E-state index in [1.807, 2.05) is 5.09 Å². The predicted octanol–water partition coefficient (Wildman–Crippen LogP) is -0.124. The van der Waals surface area contributed by atoms with Crippen molar-refractivity contribution in [2.24, 2.45) is 0 Å². The molecule has 0 aromatic heterocycles. The maximum atomic E-state index is 11.5. The largest absolute Gasteiger partial charge is 0.481 e. The van der Waals surface area contributed by atoms with Crippen molar-refractivity contribution >= 4 is 25.7 Å². The van der Waals surface area contributed by atoms with Crippen LogP contribution < -0.4 is 5.09 Å². The van der Waals surface area contributed by atoms with Crippen LogP contribution in [0, 0.1) is 0 Å². The average Bonchev–Trinajstić information content (AvgIpc) is 2.29. The summed E-state index contributed by atoms with van der Waals surface area (Å²) in [5.41, 5.74) is 0. The Morgan fingerprint density at radius 1 is 1.10 bits per heavy atom. The Balaban J connectivity index is 4.29. The molecule has 11 heteroatoms. The number of rotatable bonds is 11. The first kappa shape index (κ1) is 18.5. The zero-order chi connectivity index (χ0) is 15.8. The molecule has 0 saturated carbocycles. The van der Waals surface area contributed by atoms with Crippen LogP contribution in [0.2, 0.25) is 0 Å². The van der Waals surface area contributed by atoms with Crippen molar-refractivity contribution in [1.29, 1.82) is 0 Å². The van der Waals surface area contributed by atoms with E-state index >= 15 is 0 Å². The molecule has 20 heavy (non-hydrogen) atoms. The summed E-state index contributed by atoms with van der Waals surface area (Å²) in [5.74, 6) is -3.83. The Bertz CT molecular complexity index is 410. The number of carboxylic acid groups (broad SMARTS) is 3. The lowest BCUT2D eigenvalue weighted by molar-refractivity contribution is -0.140. The molecule has 0 radical (unpaired) electrons. The normalized spacial score (nSPS) is 15.2. The van der Waals surface area contributed by atoms with E-state index in [1.165, 1.54) is 0 Å². The highest BCUT2D eigenvalue weighted by Gasteiger charge is 2.29. The van der Waals surface area contributed by atoms with Crippen LogP contribution >= 0.6 is 7.75 Å². The molecule has 2 unspecified atom stereocenters. The fraction of sp³-hybridized carbons (Fsp3) is 0.667. The molecule has 5 N–H and O–H groups in total. The Kier molecular flexibility index (Phi) is 8.00. The topological polar surface area (TPSA) is 170 Å². The minimum absolute atomic E-state index is 0.0194. The molecule has 0 rings (SSSR count). The fourth-order valence-corrected chi connectivity index (χ4v) is 2.24. The molecule has 0 spiro atoms. The van der Waals surface area contributed by atoms with Crippen LogP contribution in [0.1, 0.15) is 25.7 Å². The molecule has 0 amide bonds. The monoisotopic (exact) mass is 313 g/mol. The van der Waals surface area contributed by atoms with Gasteiger partial charge < -0.3 is 20.2 Å². The molecular formula is C9H16NO9P. The molecule has 0 fully saturated rings. The van der Waals surface area contributed by atoms with Crippen molar-refractivity contribution in [3.8, 4) is 0 Å². The van der Waals surface area contributed by atoms with Crippen LogP contribution in [0.25, 0.3) is 0 Å². The molecule has 0 aliphatic heterocycles. The summed E-state index contributed by atoms with van der Waals surface area (Å²) in [4.78, 5) is 40.6. The van der Waals surface area contributed by atoms with Crippen LogP contribution in [0.5, 0.6) is 0 Å². The maximum Gasteiger partial charge on any atom is 0.403 e. The summed E-state index contributed by atoms with van der Waals surface area (Å²) < 4.78 is 16.0. The Labute approximate surface area is 114 Å². The first-order valence-electron chi connectivity index (χ1n) is 5.55. The van der Waals surface area contributed by atoms with E-state index in [0.717, 1.165) is 0 Å². The quantitative estimate of drug-likeness (QED) is 0.256. The summed E-state index contributed by atoms with van der Waals surface area (Å²) in [7, 11) is -4.44. The van der Waals surface area contributed by atoms with Gasteiger partial charge in [0, 0.05) is 12.8 Å². The number of hydrogen-bond acceptors (Lipinski definition) is 5. The van der Waals surface area contributed by atoms with Crippen molar-refractivity contribution in [3.05, 3.63) is 0 Å². The number of hydrogen-bond donors (Lipinski definition) is 5. The first-order valence-corrected chi connectivity index (χ1v) is 7.13. The van der Waals surface area contributed by atoms with E-state index in [9.17, 15) is 23.8 Å². The molecule has 116 valence electrons. The summed E-state index contributed by atoms with van der Waals surface area (Å²) >= 11 is 0. The fourth-order valence-electron chi connectivity index (χ4n) is 1.16. The number of nitrogens with one attached hydrogen (secondary N) is 1. The third kappa shape index (κ3) is 9.45. The predicted molar refractivity (Wildman–Crippen MR) is 64.1 cm³/mol. The molecule has 2 atom stereocenters. The summed E-state index contributed by atoms with van der Waals surface area (Å²) in [6.07, 6.45) is -1.17. The molecular weight excluding hydrogens is 297 g/mol. The van der Waals surface area contributed by atoms with E-state index in [-0.39, 0.29) is 19.4 Å². The van der Waals surface area contributed by atoms with Gasteiger partial charge in [0.05, 0.1) is 6.61 Å². The van der Waals surface area contributed by atoms with Crippen LogP contribution in [0.4, 0.5) is 0 Å². The Hall–Kier alpha value is -1.48. The Morgan fingerprint density at radius 2 is 1.65 bits per heavy atom. The number of carbonyl (C=O) groups is 3. The lowest BCUT2D eigenvalue weighted by atomic mass is 10.2. The van der Waals surface area contributed by atoms with E-state index in [2.05, 4.69) is 4.52 Å². The van der Waals surface area contributed by atoms with Gasteiger partial charge in [0.25, 0.3) is 0 Å². The van der Waals surface area contributed by atoms with E-state index < -0.39 is 44.5 Å². The molecule has 0 aliphatic rings. The SMILES string of the molecule is O=C(O)CCCOP(=O)(O)NC(CCC(=O)O)C(=O)O. The third-order valence-corrected chi connectivity index (χ3v) is 3.24. The van der Waals surface area contributed by atoms with E-state index in [0.29, 0.717) is 0 Å². The highest BCUT2D eigenvalue weighted by molar-refractivity contribution is 7.50. The highest BCUT2D eigenvalue weighted by Crippen LogP contribution is 2.38. The van der Waals surface area contributed by atoms with Gasteiger partial charge in [0.2, 0.25) is 0 Å². The lowest BCUT2D eigenvalue weighted by Gasteiger charge is -2.18. The van der Waals surface area contributed by atoms with Gasteiger partial charge in [-0.2, -0.15) is 0 Å². The van der Waals surface area contributed by atoms with Crippen LogP contribution in [0.3, 0.4) is 0 Å². The van der Waals surface area contributed by atoms with Gasteiger partial charge in [-0.3, -0.25) is 18.9 Å². The minimum Gasteiger partial charge on any atom is -0.481 e. The van der Waals surface area contributed by atoms with Gasteiger partial charge in [-0.1, -0.05) is 0 Å². The van der Waals surface area contributed by atoms with Gasteiger partial charge in [-0.15, -0.1) is 0 Å². The second-order valence-electron chi connectivity index (χ2n) is 3.80. The molecule has 0 aromatic rings.